The molecule has 1 fully saturated rings. The van der Waals surface area contributed by atoms with Crippen molar-refractivity contribution < 1.29 is 28.4 Å². The van der Waals surface area contributed by atoms with Crippen LogP contribution < -0.4 is 9.47 Å². The lowest BCUT2D eigenvalue weighted by molar-refractivity contribution is -0.149. The van der Waals surface area contributed by atoms with Crippen LogP contribution in [-0.2, 0) is 25.4 Å². The number of ether oxygens (including phenoxy) is 6. The fourth-order valence-corrected chi connectivity index (χ4v) is 7.53. The minimum atomic E-state index is -0.235. The van der Waals surface area contributed by atoms with E-state index < -0.39 is 0 Å². The standard InChI is InChI=1S/C38H59ClO6S/c1-7-12-20-41-27-34-35(43-21-13-8-2)36(44-22-14-9-3)37(45-23-15-10-4)38(46-34)31-25-29(32(39)26-33(31)40-6)24-28-16-18-30(19-17-28)42-11-5/h16-19,25-26,34-38H,7-15,20-24,27H2,1-6H3/t34-,35-,36+,37-,38+/m1/s1. The van der Waals surface area contributed by atoms with Gasteiger partial charge in [0, 0.05) is 37.0 Å². The Kier molecular flexibility index (Phi) is 18.8. The molecule has 6 nitrogen and oxygen atoms in total. The molecule has 0 saturated carbocycles. The molecule has 8 heteroatoms. The Labute approximate surface area is 288 Å². The molecule has 1 saturated heterocycles. The van der Waals surface area contributed by atoms with Gasteiger partial charge in [-0.15, -0.1) is 11.8 Å². The van der Waals surface area contributed by atoms with Gasteiger partial charge < -0.3 is 28.4 Å². The first kappa shape index (κ1) is 39.0. The van der Waals surface area contributed by atoms with Crippen LogP contribution in [0, 0.1) is 0 Å². The van der Waals surface area contributed by atoms with Crippen LogP contribution in [0.15, 0.2) is 36.4 Å². The first-order valence-corrected chi connectivity index (χ1v) is 19.0. The quantitative estimate of drug-likeness (QED) is 0.108. The number of hydrogen-bond acceptors (Lipinski definition) is 7. The van der Waals surface area contributed by atoms with Crippen molar-refractivity contribution in [3.63, 3.8) is 0 Å². The molecule has 0 aliphatic carbocycles. The molecule has 1 heterocycles. The normalized spacial score (nSPS) is 21.4. The maximum Gasteiger partial charge on any atom is 0.124 e. The second-order valence-electron chi connectivity index (χ2n) is 12.0. The van der Waals surface area contributed by atoms with E-state index in [-0.39, 0.29) is 28.8 Å². The summed E-state index contributed by atoms with van der Waals surface area (Å²) in [5.41, 5.74) is 3.30. The van der Waals surface area contributed by atoms with Crippen molar-refractivity contribution in [2.45, 2.75) is 121 Å². The number of halogens is 1. The molecular weight excluding hydrogens is 620 g/mol. The van der Waals surface area contributed by atoms with E-state index in [0.29, 0.717) is 44.5 Å². The van der Waals surface area contributed by atoms with Crippen molar-refractivity contribution in [2.24, 2.45) is 0 Å². The highest BCUT2D eigenvalue weighted by molar-refractivity contribution is 8.00. The Hall–Kier alpha value is -1.48. The van der Waals surface area contributed by atoms with Crippen LogP contribution in [0.5, 0.6) is 11.5 Å². The van der Waals surface area contributed by atoms with E-state index in [4.69, 9.17) is 40.0 Å². The molecule has 3 rings (SSSR count). The third kappa shape index (κ3) is 11.9. The minimum Gasteiger partial charge on any atom is -0.496 e. The van der Waals surface area contributed by atoms with E-state index in [1.807, 2.05) is 36.9 Å². The van der Waals surface area contributed by atoms with Crippen LogP contribution in [0.2, 0.25) is 5.02 Å². The summed E-state index contributed by atoms with van der Waals surface area (Å²) in [4.78, 5) is 0. The first-order valence-electron chi connectivity index (χ1n) is 17.7. The van der Waals surface area contributed by atoms with Crippen LogP contribution >= 0.6 is 23.4 Å². The van der Waals surface area contributed by atoms with E-state index in [2.05, 4.69) is 45.9 Å². The van der Waals surface area contributed by atoms with Gasteiger partial charge in [-0.1, -0.05) is 77.1 Å². The monoisotopic (exact) mass is 678 g/mol. The van der Waals surface area contributed by atoms with Gasteiger partial charge in [0.15, 0.2) is 0 Å². The lowest BCUT2D eigenvalue weighted by Gasteiger charge is -2.46. The van der Waals surface area contributed by atoms with Crippen LogP contribution in [0.1, 0.15) is 108 Å². The summed E-state index contributed by atoms with van der Waals surface area (Å²) in [6, 6.07) is 12.4. The third-order valence-corrected chi connectivity index (χ3v) is 10.2. The third-order valence-electron chi connectivity index (χ3n) is 8.32. The van der Waals surface area contributed by atoms with E-state index in [1.165, 1.54) is 5.56 Å². The highest BCUT2D eigenvalue weighted by Gasteiger charge is 2.49. The SMILES string of the molecule is CCCCOC[C@H]1S[C@@H](c2cc(Cc3ccc(OCC)cc3)c(Cl)cc2OC)[C@H](OCCCC)[C@@H](OCCCC)[C@@H]1OCCCC. The predicted molar refractivity (Wildman–Crippen MR) is 192 cm³/mol. The van der Waals surface area contributed by atoms with E-state index in [9.17, 15) is 0 Å². The number of benzene rings is 2. The summed E-state index contributed by atoms with van der Waals surface area (Å²) in [5.74, 6) is 1.64. The molecule has 0 spiro atoms. The second kappa shape index (κ2) is 22.2. The average Bonchev–Trinajstić information content (AvgIpc) is 3.06. The first-order chi connectivity index (χ1) is 22.5. The van der Waals surface area contributed by atoms with Crippen LogP contribution in [0.4, 0.5) is 0 Å². The van der Waals surface area contributed by atoms with E-state index in [0.717, 1.165) is 80.6 Å². The Balaban J connectivity index is 2.05. The number of hydrogen-bond donors (Lipinski definition) is 0. The molecule has 0 bridgehead atoms. The molecule has 0 radical (unpaired) electrons. The zero-order valence-corrected chi connectivity index (χ0v) is 30.8. The lowest BCUT2D eigenvalue weighted by Crippen LogP contribution is -2.55. The lowest BCUT2D eigenvalue weighted by atomic mass is 9.93. The highest BCUT2D eigenvalue weighted by atomic mass is 35.5. The van der Waals surface area contributed by atoms with Gasteiger partial charge in [-0.25, -0.2) is 0 Å². The van der Waals surface area contributed by atoms with Crippen LogP contribution in [-0.4, -0.2) is 70.3 Å². The Morgan fingerprint density at radius 1 is 0.717 bits per heavy atom. The molecule has 1 aliphatic heterocycles. The summed E-state index contributed by atoms with van der Waals surface area (Å²) in [6.45, 7) is 14.8. The van der Waals surface area contributed by atoms with Gasteiger partial charge in [-0.3, -0.25) is 0 Å². The second-order valence-corrected chi connectivity index (χ2v) is 13.8. The fraction of sp³-hybridized carbons (Fsp3) is 0.684. The molecule has 0 N–H and O–H groups in total. The summed E-state index contributed by atoms with van der Waals surface area (Å²) >= 11 is 8.80. The van der Waals surface area contributed by atoms with Crippen molar-refractivity contribution >= 4 is 23.4 Å². The van der Waals surface area contributed by atoms with Crippen LogP contribution in [0.25, 0.3) is 0 Å². The molecule has 46 heavy (non-hydrogen) atoms. The summed E-state index contributed by atoms with van der Waals surface area (Å²) in [6.07, 6.45) is 8.45. The zero-order chi connectivity index (χ0) is 33.1. The number of unbranched alkanes of at least 4 members (excludes halogenated alkanes) is 4. The average molecular weight is 679 g/mol. The number of rotatable bonds is 23. The number of methoxy groups -OCH3 is 1. The Bertz CT molecular complexity index is 1100. The maximum absolute atomic E-state index is 6.92. The van der Waals surface area contributed by atoms with Crippen molar-refractivity contribution in [1.29, 1.82) is 0 Å². The highest BCUT2D eigenvalue weighted by Crippen LogP contribution is 2.50. The van der Waals surface area contributed by atoms with Gasteiger partial charge in [0.25, 0.3) is 0 Å². The van der Waals surface area contributed by atoms with Gasteiger partial charge in [0.1, 0.15) is 29.8 Å². The summed E-state index contributed by atoms with van der Waals surface area (Å²) in [7, 11) is 1.72. The van der Waals surface area contributed by atoms with Gasteiger partial charge in [-0.2, -0.15) is 0 Å². The molecule has 5 atom stereocenters. The number of thioether (sulfide) groups is 1. The topological polar surface area (TPSA) is 55.4 Å². The maximum atomic E-state index is 6.92. The summed E-state index contributed by atoms with van der Waals surface area (Å²) < 4.78 is 38.3. The molecule has 1 aliphatic rings. The van der Waals surface area contributed by atoms with Gasteiger partial charge >= 0.3 is 0 Å². The largest absolute Gasteiger partial charge is 0.496 e. The molecule has 0 unspecified atom stereocenters. The van der Waals surface area contributed by atoms with Crippen molar-refractivity contribution in [3.8, 4) is 11.5 Å². The Morgan fingerprint density at radius 3 is 1.89 bits per heavy atom. The zero-order valence-electron chi connectivity index (χ0n) is 29.2. The van der Waals surface area contributed by atoms with E-state index in [1.54, 1.807) is 7.11 Å². The smallest absolute Gasteiger partial charge is 0.124 e. The van der Waals surface area contributed by atoms with Crippen LogP contribution in [0.3, 0.4) is 0 Å². The molecule has 0 amide bonds. The fourth-order valence-electron chi connectivity index (χ4n) is 5.65. The molecule has 2 aromatic carbocycles. The Morgan fingerprint density at radius 2 is 1.30 bits per heavy atom. The van der Waals surface area contributed by atoms with Gasteiger partial charge in [-0.05, 0) is 74.4 Å². The van der Waals surface area contributed by atoms with Crippen molar-refractivity contribution in [1.82, 2.24) is 0 Å². The van der Waals surface area contributed by atoms with E-state index >= 15 is 0 Å². The van der Waals surface area contributed by atoms with Gasteiger partial charge in [0.05, 0.1) is 30.8 Å². The predicted octanol–water partition coefficient (Wildman–Crippen LogP) is 9.87. The minimum absolute atomic E-state index is 0.0550. The van der Waals surface area contributed by atoms with Crippen molar-refractivity contribution in [3.05, 3.63) is 58.1 Å². The molecular formula is C38H59ClO6S. The molecule has 0 aromatic heterocycles. The summed E-state index contributed by atoms with van der Waals surface area (Å²) in [5, 5.41) is 0.710. The van der Waals surface area contributed by atoms with Gasteiger partial charge in [0.2, 0.25) is 0 Å². The molecule has 260 valence electrons. The molecule has 2 aromatic rings. The van der Waals surface area contributed by atoms with Crippen molar-refractivity contribution in [2.75, 3.05) is 46.8 Å².